The highest BCUT2D eigenvalue weighted by atomic mass is 32.1. The van der Waals surface area contributed by atoms with Gasteiger partial charge in [0, 0.05) is 19.3 Å². The zero-order chi connectivity index (χ0) is 27.6. The molecule has 0 amide bonds. The van der Waals surface area contributed by atoms with E-state index in [0.29, 0.717) is 41.2 Å². The Balaban J connectivity index is 1.97. The Morgan fingerprint density at radius 3 is 2.30 bits per heavy atom. The summed E-state index contributed by atoms with van der Waals surface area (Å²) in [5.41, 5.74) is 1.95. The monoisotopic (exact) mass is 554 g/mol. The van der Waals surface area contributed by atoms with E-state index < -0.39 is 30.5 Å². The molecular formula is C22H25F7N6OS. The zero-order valence-electron chi connectivity index (χ0n) is 20.1. The Kier molecular flexibility index (Phi) is 8.47. The summed E-state index contributed by atoms with van der Waals surface area (Å²) in [6.45, 7) is 3.39. The molecule has 0 unspecified atom stereocenters. The van der Waals surface area contributed by atoms with Crippen LogP contribution in [-0.2, 0) is 0 Å². The molecule has 3 N–H and O–H groups in total. The van der Waals surface area contributed by atoms with E-state index in [9.17, 15) is 35.8 Å². The van der Waals surface area contributed by atoms with Crippen LogP contribution in [-0.4, -0.2) is 62.8 Å². The molecule has 0 bridgehead atoms. The van der Waals surface area contributed by atoms with Crippen molar-refractivity contribution in [2.45, 2.75) is 51.6 Å². The van der Waals surface area contributed by atoms with E-state index in [-0.39, 0.29) is 24.0 Å². The van der Waals surface area contributed by atoms with E-state index in [1.165, 1.54) is 18.3 Å². The number of fused-ring (bicyclic) bond motifs is 1. The number of thiazole rings is 1. The second kappa shape index (κ2) is 10.9. The fraction of sp³-hybridized carbons (Fsp3) is 0.545. The van der Waals surface area contributed by atoms with Crippen molar-refractivity contribution in [3.63, 3.8) is 0 Å². The van der Waals surface area contributed by atoms with Gasteiger partial charge in [-0.3, -0.25) is 4.98 Å². The minimum absolute atomic E-state index is 0.0176. The Bertz CT molecular complexity index is 1230. The summed E-state index contributed by atoms with van der Waals surface area (Å²) in [7, 11) is 0. The van der Waals surface area contributed by atoms with Crippen molar-refractivity contribution in [3.8, 4) is 10.6 Å². The minimum atomic E-state index is -6.44. The molecule has 0 spiro atoms. The third-order valence-corrected chi connectivity index (χ3v) is 6.80. The standard InChI is InChI=1S/C22H25F7N6OS/c1-4-13(9-36)5-7-31-17-15(18-34-16-12(3)30-8-6-14(16)37-18)11(2)33-19(35-17)32-10-20(23,24)21(25,26)22(27,28)29/h6,8,13,36H,4-5,7,9-10H2,1-3H3,(H2,31,32,33,35)/t13-/m0/s1. The number of aromatic nitrogens is 4. The van der Waals surface area contributed by atoms with Gasteiger partial charge >= 0.3 is 18.0 Å². The predicted molar refractivity (Wildman–Crippen MR) is 126 cm³/mol. The van der Waals surface area contributed by atoms with Crippen molar-refractivity contribution in [2.75, 3.05) is 30.3 Å². The highest BCUT2D eigenvalue weighted by molar-refractivity contribution is 7.21. The maximum atomic E-state index is 13.8. The molecule has 1 atom stereocenters. The minimum Gasteiger partial charge on any atom is -0.396 e. The van der Waals surface area contributed by atoms with Crippen LogP contribution in [0, 0.1) is 19.8 Å². The van der Waals surface area contributed by atoms with Crippen molar-refractivity contribution >= 4 is 33.3 Å². The van der Waals surface area contributed by atoms with Gasteiger partial charge in [-0.1, -0.05) is 13.3 Å². The molecule has 3 aromatic heterocycles. The highest BCUT2D eigenvalue weighted by Crippen LogP contribution is 2.46. The molecule has 0 fully saturated rings. The molecule has 0 aliphatic heterocycles. The second-order valence-electron chi connectivity index (χ2n) is 8.42. The molecular weight excluding hydrogens is 529 g/mol. The molecule has 0 saturated heterocycles. The number of rotatable bonds is 11. The number of aryl methyl sites for hydroxylation is 2. The summed E-state index contributed by atoms with van der Waals surface area (Å²) in [4.78, 5) is 16.9. The molecule has 0 saturated carbocycles. The predicted octanol–water partition coefficient (Wildman–Crippen LogP) is 5.83. The van der Waals surface area contributed by atoms with Gasteiger partial charge in [0.1, 0.15) is 16.3 Å². The molecule has 3 aromatic rings. The third-order valence-electron chi connectivity index (χ3n) is 5.76. The summed E-state index contributed by atoms with van der Waals surface area (Å²) in [5.74, 6) is -12.2. The number of pyridine rings is 1. The highest BCUT2D eigenvalue weighted by Gasteiger charge is 2.72. The van der Waals surface area contributed by atoms with Crippen LogP contribution in [0.15, 0.2) is 12.3 Å². The van der Waals surface area contributed by atoms with Gasteiger partial charge in [-0.05, 0) is 32.3 Å². The van der Waals surface area contributed by atoms with Crippen molar-refractivity contribution in [1.29, 1.82) is 0 Å². The van der Waals surface area contributed by atoms with Crippen molar-refractivity contribution in [2.24, 2.45) is 5.92 Å². The molecule has 0 aromatic carbocycles. The number of aliphatic hydroxyl groups excluding tert-OH is 1. The maximum Gasteiger partial charge on any atom is 0.459 e. The van der Waals surface area contributed by atoms with Crippen LogP contribution < -0.4 is 10.6 Å². The van der Waals surface area contributed by atoms with E-state index in [1.54, 1.807) is 19.2 Å². The van der Waals surface area contributed by atoms with Crippen LogP contribution in [0.1, 0.15) is 31.2 Å². The van der Waals surface area contributed by atoms with Gasteiger partial charge in [-0.15, -0.1) is 11.3 Å². The summed E-state index contributed by atoms with van der Waals surface area (Å²) in [6.07, 6.45) is -3.59. The number of hydrogen-bond donors (Lipinski definition) is 3. The van der Waals surface area contributed by atoms with Gasteiger partial charge in [0.15, 0.2) is 0 Å². The molecule has 3 rings (SSSR count). The third kappa shape index (κ3) is 6.03. The topological polar surface area (TPSA) is 95.8 Å². The SMILES string of the molecule is CC[C@H](CO)CCNc1nc(NCC(F)(F)C(F)(F)C(F)(F)F)nc(C)c1-c1nc2c(C)nccc2s1. The fourth-order valence-corrected chi connectivity index (χ4v) is 4.56. The lowest BCUT2D eigenvalue weighted by atomic mass is 10.0. The lowest BCUT2D eigenvalue weighted by Crippen LogP contribution is -2.55. The summed E-state index contributed by atoms with van der Waals surface area (Å²) in [6, 6.07) is 1.76. The number of nitrogens with zero attached hydrogens (tertiary/aromatic N) is 4. The van der Waals surface area contributed by atoms with Crippen LogP contribution in [0.4, 0.5) is 42.5 Å². The molecule has 204 valence electrons. The summed E-state index contributed by atoms with van der Waals surface area (Å²) in [5, 5.41) is 14.8. The number of aliphatic hydroxyl groups is 1. The van der Waals surface area contributed by atoms with Gasteiger partial charge in [0.25, 0.3) is 0 Å². The average molecular weight is 555 g/mol. The van der Waals surface area contributed by atoms with Crippen molar-refractivity contribution < 1.29 is 35.8 Å². The summed E-state index contributed by atoms with van der Waals surface area (Å²) >= 11 is 1.30. The van der Waals surface area contributed by atoms with Gasteiger partial charge in [0.05, 0.1) is 28.2 Å². The molecule has 7 nitrogen and oxygen atoms in total. The van der Waals surface area contributed by atoms with Crippen LogP contribution in [0.5, 0.6) is 0 Å². The molecule has 15 heteroatoms. The Morgan fingerprint density at radius 2 is 1.70 bits per heavy atom. The van der Waals surface area contributed by atoms with Crippen LogP contribution in [0.3, 0.4) is 0 Å². The van der Waals surface area contributed by atoms with Crippen LogP contribution in [0.25, 0.3) is 20.8 Å². The zero-order valence-corrected chi connectivity index (χ0v) is 20.9. The first-order valence-corrected chi connectivity index (χ1v) is 12.1. The maximum absolute atomic E-state index is 13.8. The number of alkyl halides is 7. The number of nitrogens with one attached hydrogen (secondary N) is 2. The largest absolute Gasteiger partial charge is 0.459 e. The van der Waals surface area contributed by atoms with Crippen LogP contribution in [0.2, 0.25) is 0 Å². The first-order chi connectivity index (χ1) is 17.2. The number of hydrogen-bond acceptors (Lipinski definition) is 8. The molecule has 3 heterocycles. The van der Waals surface area contributed by atoms with E-state index in [4.69, 9.17) is 0 Å². The van der Waals surface area contributed by atoms with E-state index in [0.717, 1.165) is 4.70 Å². The van der Waals surface area contributed by atoms with Gasteiger partial charge < -0.3 is 15.7 Å². The lowest BCUT2D eigenvalue weighted by Gasteiger charge is -2.28. The fourth-order valence-electron chi connectivity index (χ4n) is 3.45. The lowest BCUT2D eigenvalue weighted by molar-refractivity contribution is -0.350. The van der Waals surface area contributed by atoms with E-state index >= 15 is 0 Å². The van der Waals surface area contributed by atoms with Gasteiger partial charge in [-0.2, -0.15) is 35.7 Å². The summed E-state index contributed by atoms with van der Waals surface area (Å²) < 4.78 is 92.5. The average Bonchev–Trinajstić information content (AvgIpc) is 3.24. The second-order valence-corrected chi connectivity index (χ2v) is 9.45. The van der Waals surface area contributed by atoms with Crippen molar-refractivity contribution in [3.05, 3.63) is 23.7 Å². The smallest absolute Gasteiger partial charge is 0.396 e. The van der Waals surface area contributed by atoms with Crippen molar-refractivity contribution in [1.82, 2.24) is 19.9 Å². The molecule has 0 aliphatic rings. The van der Waals surface area contributed by atoms with E-state index in [2.05, 4.69) is 25.3 Å². The number of halogens is 7. The first-order valence-electron chi connectivity index (χ1n) is 11.2. The molecule has 37 heavy (non-hydrogen) atoms. The Labute approximate surface area is 211 Å². The molecule has 0 radical (unpaired) electrons. The van der Waals surface area contributed by atoms with Gasteiger partial charge in [0.2, 0.25) is 5.95 Å². The Hall–Kier alpha value is -2.81. The number of anilines is 2. The van der Waals surface area contributed by atoms with Gasteiger partial charge in [-0.25, -0.2) is 9.97 Å². The molecule has 0 aliphatic carbocycles. The first kappa shape index (κ1) is 28.8. The van der Waals surface area contributed by atoms with E-state index in [1.807, 2.05) is 12.2 Å². The van der Waals surface area contributed by atoms with Crippen LogP contribution >= 0.6 is 11.3 Å². The Morgan fingerprint density at radius 1 is 1.00 bits per heavy atom. The quantitative estimate of drug-likeness (QED) is 0.257. The normalized spacial score (nSPS) is 13.7.